The van der Waals surface area contributed by atoms with Crippen LogP contribution in [0.25, 0.3) is 0 Å². The molecule has 43 heavy (non-hydrogen) atoms. The molecule has 1 saturated heterocycles. The van der Waals surface area contributed by atoms with Gasteiger partial charge < -0.3 is 33.5 Å². The van der Waals surface area contributed by atoms with Crippen molar-refractivity contribution in [2.45, 2.75) is 63.2 Å². The molecule has 7 heteroatoms. The molecule has 0 radical (unpaired) electrons. The normalized spacial score (nSPS) is 22.7. The summed E-state index contributed by atoms with van der Waals surface area (Å²) in [7, 11) is 1.58. The van der Waals surface area contributed by atoms with Gasteiger partial charge in [0.05, 0.1) is 33.0 Å². The molecule has 1 fully saturated rings. The first kappa shape index (κ1) is 31.0. The van der Waals surface area contributed by atoms with Gasteiger partial charge in [0.1, 0.15) is 30.5 Å². The third kappa shape index (κ3) is 8.81. The van der Waals surface area contributed by atoms with Gasteiger partial charge in [-0.1, -0.05) is 121 Å². The zero-order valence-electron chi connectivity index (χ0n) is 24.4. The van der Waals surface area contributed by atoms with Gasteiger partial charge in [-0.15, -0.1) is 0 Å². The van der Waals surface area contributed by atoms with Crippen LogP contribution in [0.1, 0.15) is 22.3 Å². The molecule has 0 bridgehead atoms. The fraction of sp³-hybridized carbons (Fsp3) is 0.333. The maximum atomic E-state index is 10.6. The largest absolute Gasteiger partial charge is 0.394 e. The van der Waals surface area contributed by atoms with Crippen LogP contribution in [0.3, 0.4) is 0 Å². The highest BCUT2D eigenvalue weighted by Gasteiger charge is 2.51. The van der Waals surface area contributed by atoms with E-state index >= 15 is 0 Å². The van der Waals surface area contributed by atoms with E-state index in [9.17, 15) is 5.11 Å². The predicted octanol–water partition coefficient (Wildman–Crippen LogP) is 5.69. The molecule has 0 spiro atoms. The molecular weight excluding hydrogens is 544 g/mol. The van der Waals surface area contributed by atoms with Crippen LogP contribution < -0.4 is 0 Å². The van der Waals surface area contributed by atoms with E-state index in [-0.39, 0.29) is 6.61 Å². The smallest absolute Gasteiger partial charge is 0.186 e. The van der Waals surface area contributed by atoms with Gasteiger partial charge in [-0.2, -0.15) is 0 Å². The number of aliphatic hydroxyl groups excluding tert-OH is 1. The Balaban J connectivity index is 1.44. The molecule has 1 unspecified atom stereocenters. The minimum atomic E-state index is -0.791. The molecule has 0 amide bonds. The van der Waals surface area contributed by atoms with Crippen molar-refractivity contribution in [2.24, 2.45) is 0 Å². The van der Waals surface area contributed by atoms with E-state index in [0.29, 0.717) is 26.4 Å². The predicted molar refractivity (Wildman–Crippen MR) is 163 cm³/mol. The topological polar surface area (TPSA) is 75.6 Å². The lowest BCUT2D eigenvalue weighted by Crippen LogP contribution is -2.64. The fourth-order valence-corrected chi connectivity index (χ4v) is 5.21. The van der Waals surface area contributed by atoms with E-state index in [0.717, 1.165) is 22.3 Å². The van der Waals surface area contributed by atoms with Gasteiger partial charge >= 0.3 is 0 Å². The molecule has 1 heterocycles. The third-order valence-electron chi connectivity index (χ3n) is 7.47. The van der Waals surface area contributed by atoms with Crippen molar-refractivity contribution < 1.29 is 33.5 Å². The SMILES string of the molecule is CO[C@H]1O[C@H](C(CO)OCc2ccccc2)[C@@H](OCc2ccccc2)[C@H](OCc2ccccc2)[C@H]1OCc1ccccc1. The highest BCUT2D eigenvalue weighted by atomic mass is 16.7. The second-order valence-corrected chi connectivity index (χ2v) is 10.5. The first-order chi connectivity index (χ1) is 21.2. The van der Waals surface area contributed by atoms with Gasteiger partial charge in [0.15, 0.2) is 6.29 Å². The molecular formula is C36H40O7. The van der Waals surface area contributed by atoms with Gasteiger partial charge in [0.2, 0.25) is 0 Å². The lowest BCUT2D eigenvalue weighted by molar-refractivity contribution is -0.333. The van der Waals surface area contributed by atoms with E-state index in [2.05, 4.69) is 0 Å². The Morgan fingerprint density at radius 1 is 0.558 bits per heavy atom. The number of aliphatic hydroxyl groups is 1. The Hall–Kier alpha value is -3.40. The van der Waals surface area contributed by atoms with Crippen molar-refractivity contribution in [1.82, 2.24) is 0 Å². The Labute approximate surface area is 253 Å². The van der Waals surface area contributed by atoms with Gasteiger partial charge in [-0.05, 0) is 22.3 Å². The molecule has 5 rings (SSSR count). The van der Waals surface area contributed by atoms with Crippen LogP contribution in [-0.4, -0.2) is 55.6 Å². The van der Waals surface area contributed by atoms with Crippen LogP contribution in [0.2, 0.25) is 0 Å². The van der Waals surface area contributed by atoms with Crippen LogP contribution in [0.5, 0.6) is 0 Å². The molecule has 0 aliphatic carbocycles. The molecule has 4 aromatic carbocycles. The van der Waals surface area contributed by atoms with Crippen LogP contribution in [-0.2, 0) is 54.8 Å². The van der Waals surface area contributed by atoms with Gasteiger partial charge in [0, 0.05) is 7.11 Å². The van der Waals surface area contributed by atoms with Crippen LogP contribution >= 0.6 is 0 Å². The number of benzene rings is 4. The van der Waals surface area contributed by atoms with E-state index in [1.54, 1.807) is 7.11 Å². The Kier molecular flexibility index (Phi) is 11.9. The van der Waals surface area contributed by atoms with E-state index in [1.165, 1.54) is 0 Å². The summed E-state index contributed by atoms with van der Waals surface area (Å²) in [6.07, 6.45) is -4.09. The summed E-state index contributed by atoms with van der Waals surface area (Å²) in [6, 6.07) is 39.7. The highest BCUT2D eigenvalue weighted by Crippen LogP contribution is 2.33. The lowest BCUT2D eigenvalue weighted by Gasteiger charge is -2.47. The lowest BCUT2D eigenvalue weighted by atomic mass is 9.94. The van der Waals surface area contributed by atoms with Gasteiger partial charge in [0.25, 0.3) is 0 Å². The molecule has 226 valence electrons. The average Bonchev–Trinajstić information content (AvgIpc) is 3.07. The van der Waals surface area contributed by atoms with Crippen molar-refractivity contribution in [3.8, 4) is 0 Å². The molecule has 4 aromatic rings. The number of hydrogen-bond donors (Lipinski definition) is 1. The fourth-order valence-electron chi connectivity index (χ4n) is 5.21. The quantitative estimate of drug-likeness (QED) is 0.192. The number of hydrogen-bond acceptors (Lipinski definition) is 7. The van der Waals surface area contributed by atoms with Crippen molar-refractivity contribution >= 4 is 0 Å². The van der Waals surface area contributed by atoms with E-state index in [4.69, 9.17) is 28.4 Å². The standard InChI is InChI=1S/C36H40O7/c1-38-36-35(42-26-30-20-12-5-13-21-30)34(41-25-29-18-10-4-11-19-29)33(40-24-28-16-8-3-9-17-28)32(43-36)31(22-37)39-23-27-14-6-2-7-15-27/h2-21,31-37H,22-26H2,1H3/t31?,32-,33-,34+,35-,36+/m1/s1. The highest BCUT2D eigenvalue weighted by molar-refractivity contribution is 5.16. The first-order valence-corrected chi connectivity index (χ1v) is 14.7. The summed E-state index contributed by atoms with van der Waals surface area (Å²) in [5, 5.41) is 10.6. The molecule has 7 nitrogen and oxygen atoms in total. The summed E-state index contributed by atoms with van der Waals surface area (Å²) in [5.41, 5.74) is 4.02. The molecule has 1 N–H and O–H groups in total. The molecule has 0 aromatic heterocycles. The second kappa shape index (κ2) is 16.4. The number of rotatable bonds is 15. The summed E-state index contributed by atoms with van der Waals surface area (Å²) >= 11 is 0. The van der Waals surface area contributed by atoms with Crippen molar-refractivity contribution in [3.05, 3.63) is 144 Å². The Morgan fingerprint density at radius 2 is 0.953 bits per heavy atom. The second-order valence-electron chi connectivity index (χ2n) is 10.5. The van der Waals surface area contributed by atoms with Crippen LogP contribution in [0.4, 0.5) is 0 Å². The molecule has 6 atom stereocenters. The summed E-state index contributed by atoms with van der Waals surface area (Å²) in [6.45, 7) is 1.01. The monoisotopic (exact) mass is 584 g/mol. The van der Waals surface area contributed by atoms with Crippen LogP contribution in [0.15, 0.2) is 121 Å². The molecule has 1 aliphatic rings. The average molecular weight is 585 g/mol. The Morgan fingerprint density at radius 3 is 1.37 bits per heavy atom. The van der Waals surface area contributed by atoms with Crippen LogP contribution in [0, 0.1) is 0 Å². The summed E-state index contributed by atoms with van der Waals surface area (Å²) in [5.74, 6) is 0. The maximum Gasteiger partial charge on any atom is 0.186 e. The van der Waals surface area contributed by atoms with E-state index < -0.39 is 36.8 Å². The summed E-state index contributed by atoms with van der Waals surface area (Å²) < 4.78 is 38.4. The third-order valence-corrected chi connectivity index (χ3v) is 7.47. The molecule has 1 aliphatic heterocycles. The van der Waals surface area contributed by atoms with E-state index in [1.807, 2.05) is 121 Å². The minimum absolute atomic E-state index is 0.278. The molecule has 0 saturated carbocycles. The van der Waals surface area contributed by atoms with Gasteiger partial charge in [-0.3, -0.25) is 0 Å². The van der Waals surface area contributed by atoms with Crippen molar-refractivity contribution in [1.29, 1.82) is 0 Å². The van der Waals surface area contributed by atoms with Crippen molar-refractivity contribution in [2.75, 3.05) is 13.7 Å². The zero-order valence-corrected chi connectivity index (χ0v) is 24.4. The number of methoxy groups -OCH3 is 1. The first-order valence-electron chi connectivity index (χ1n) is 14.7. The summed E-state index contributed by atoms with van der Waals surface area (Å²) in [4.78, 5) is 0. The zero-order chi connectivity index (χ0) is 29.7. The Bertz CT molecular complexity index is 1310. The number of ether oxygens (including phenoxy) is 6. The minimum Gasteiger partial charge on any atom is -0.394 e. The van der Waals surface area contributed by atoms with Gasteiger partial charge in [-0.25, -0.2) is 0 Å². The van der Waals surface area contributed by atoms with Crippen molar-refractivity contribution in [3.63, 3.8) is 0 Å². The maximum absolute atomic E-state index is 10.6.